The number of amides is 1. The fraction of sp³-hybridized carbons (Fsp3) is 0.562. The molecule has 1 fully saturated rings. The zero-order valence-corrected chi connectivity index (χ0v) is 12.8. The number of ether oxygens (including phenoxy) is 2. The van der Waals surface area contributed by atoms with E-state index in [-0.39, 0.29) is 6.10 Å². The lowest BCUT2D eigenvalue weighted by atomic mass is 10.1. The first kappa shape index (κ1) is 15.6. The molecule has 5 heteroatoms. The molecule has 1 unspecified atom stereocenters. The Bertz CT molecular complexity index is 441. The third kappa shape index (κ3) is 5.27. The van der Waals surface area contributed by atoms with Crippen LogP contribution in [0.2, 0.25) is 0 Å². The van der Waals surface area contributed by atoms with Gasteiger partial charge in [0.25, 0.3) is 0 Å². The third-order valence-corrected chi connectivity index (χ3v) is 3.61. The maximum atomic E-state index is 11.8. The molecule has 1 aliphatic heterocycles. The molecule has 1 atom stereocenters. The van der Waals surface area contributed by atoms with Crippen LogP contribution in [0.3, 0.4) is 0 Å². The molecule has 0 spiro atoms. The zero-order chi connectivity index (χ0) is 15.1. The van der Waals surface area contributed by atoms with E-state index in [0.717, 1.165) is 25.4 Å². The number of nitrogens with zero attached hydrogens (tertiary/aromatic N) is 1. The lowest BCUT2D eigenvalue weighted by Gasteiger charge is -2.28. The second-order valence-electron chi connectivity index (χ2n) is 5.43. The smallest absolute Gasteiger partial charge is 0.411 e. The summed E-state index contributed by atoms with van der Waals surface area (Å²) in [6.07, 6.45) is 3.27. The Morgan fingerprint density at radius 2 is 1.90 bits per heavy atom. The minimum absolute atomic E-state index is 0.110. The van der Waals surface area contributed by atoms with Crippen molar-refractivity contribution in [3.63, 3.8) is 0 Å². The number of likely N-dealkylation sites (tertiary alicyclic amines) is 1. The van der Waals surface area contributed by atoms with Crippen molar-refractivity contribution in [2.24, 2.45) is 0 Å². The molecule has 1 aromatic carbocycles. The number of carbonyl (C=O) groups is 1. The second kappa shape index (κ2) is 7.88. The fourth-order valence-corrected chi connectivity index (χ4v) is 2.55. The van der Waals surface area contributed by atoms with E-state index in [1.807, 2.05) is 6.92 Å². The number of rotatable bonds is 5. The van der Waals surface area contributed by atoms with Crippen LogP contribution < -0.4 is 10.1 Å². The number of anilines is 1. The van der Waals surface area contributed by atoms with Crippen LogP contribution >= 0.6 is 0 Å². The Labute approximate surface area is 126 Å². The Hall–Kier alpha value is -1.75. The van der Waals surface area contributed by atoms with Crippen LogP contribution in [-0.4, -0.2) is 43.8 Å². The molecule has 1 aromatic rings. The van der Waals surface area contributed by atoms with Gasteiger partial charge in [0, 0.05) is 12.2 Å². The number of hydrogen-bond acceptors (Lipinski definition) is 4. The van der Waals surface area contributed by atoms with Gasteiger partial charge < -0.3 is 9.47 Å². The second-order valence-corrected chi connectivity index (χ2v) is 5.43. The van der Waals surface area contributed by atoms with Gasteiger partial charge in [-0.1, -0.05) is 6.42 Å². The molecular formula is C16H24N2O3. The SMILES string of the molecule is COc1ccc(NC(=O)OC(C)CN2CCCCC2)cc1. The van der Waals surface area contributed by atoms with Crippen LogP contribution in [0, 0.1) is 0 Å². The molecule has 0 bridgehead atoms. The fourth-order valence-electron chi connectivity index (χ4n) is 2.55. The molecule has 1 saturated heterocycles. The van der Waals surface area contributed by atoms with Crippen molar-refractivity contribution < 1.29 is 14.3 Å². The largest absolute Gasteiger partial charge is 0.497 e. The van der Waals surface area contributed by atoms with Crippen molar-refractivity contribution in [2.45, 2.75) is 32.3 Å². The molecule has 1 amide bonds. The summed E-state index contributed by atoms with van der Waals surface area (Å²) in [5.41, 5.74) is 0.700. The molecular weight excluding hydrogens is 268 g/mol. The Balaban J connectivity index is 1.74. The molecule has 0 aliphatic carbocycles. The van der Waals surface area contributed by atoms with Crippen molar-refractivity contribution >= 4 is 11.8 Å². The number of nitrogens with one attached hydrogen (secondary N) is 1. The summed E-state index contributed by atoms with van der Waals surface area (Å²) < 4.78 is 10.5. The number of carbonyl (C=O) groups excluding carboxylic acids is 1. The summed E-state index contributed by atoms with van der Waals surface area (Å²) in [4.78, 5) is 14.2. The molecule has 0 aromatic heterocycles. The normalized spacial score (nSPS) is 17.0. The Morgan fingerprint density at radius 3 is 2.52 bits per heavy atom. The molecule has 21 heavy (non-hydrogen) atoms. The molecule has 0 saturated carbocycles. The van der Waals surface area contributed by atoms with Crippen molar-refractivity contribution in [3.05, 3.63) is 24.3 Å². The minimum atomic E-state index is -0.412. The molecule has 116 valence electrons. The zero-order valence-electron chi connectivity index (χ0n) is 12.8. The Kier molecular flexibility index (Phi) is 5.87. The topological polar surface area (TPSA) is 50.8 Å². The number of hydrogen-bond donors (Lipinski definition) is 1. The lowest BCUT2D eigenvalue weighted by Crippen LogP contribution is -2.37. The van der Waals surface area contributed by atoms with Crippen LogP contribution in [0.1, 0.15) is 26.2 Å². The quantitative estimate of drug-likeness (QED) is 0.906. The highest BCUT2D eigenvalue weighted by atomic mass is 16.6. The highest BCUT2D eigenvalue weighted by molar-refractivity contribution is 5.84. The van der Waals surface area contributed by atoms with E-state index in [2.05, 4.69) is 10.2 Å². The summed E-state index contributed by atoms with van der Waals surface area (Å²) in [6.45, 7) is 4.94. The van der Waals surface area contributed by atoms with Gasteiger partial charge in [0.2, 0.25) is 0 Å². The van der Waals surface area contributed by atoms with Gasteiger partial charge in [-0.25, -0.2) is 4.79 Å². The molecule has 2 rings (SSSR count). The monoisotopic (exact) mass is 292 g/mol. The first-order valence-electron chi connectivity index (χ1n) is 7.51. The van der Waals surface area contributed by atoms with Crippen LogP contribution in [0.25, 0.3) is 0 Å². The number of methoxy groups -OCH3 is 1. The van der Waals surface area contributed by atoms with Gasteiger partial charge >= 0.3 is 6.09 Å². The van der Waals surface area contributed by atoms with E-state index in [1.165, 1.54) is 19.3 Å². The van der Waals surface area contributed by atoms with Crippen molar-refractivity contribution in [2.75, 3.05) is 32.1 Å². The van der Waals surface area contributed by atoms with Gasteiger partial charge in [-0.05, 0) is 57.1 Å². The molecule has 1 N–H and O–H groups in total. The molecule has 5 nitrogen and oxygen atoms in total. The Morgan fingerprint density at radius 1 is 1.24 bits per heavy atom. The molecule has 1 heterocycles. The lowest BCUT2D eigenvalue weighted by molar-refractivity contribution is 0.0833. The van der Waals surface area contributed by atoms with Crippen LogP contribution in [0.4, 0.5) is 10.5 Å². The summed E-state index contributed by atoms with van der Waals surface area (Å²) in [6, 6.07) is 7.17. The van der Waals surface area contributed by atoms with Crippen LogP contribution in [0.15, 0.2) is 24.3 Å². The van der Waals surface area contributed by atoms with E-state index in [0.29, 0.717) is 5.69 Å². The van der Waals surface area contributed by atoms with Gasteiger partial charge in [0.15, 0.2) is 0 Å². The predicted octanol–water partition coefficient (Wildman–Crippen LogP) is 3.12. The van der Waals surface area contributed by atoms with E-state index < -0.39 is 6.09 Å². The summed E-state index contributed by atoms with van der Waals surface area (Å²) >= 11 is 0. The molecule has 0 radical (unpaired) electrons. The third-order valence-electron chi connectivity index (χ3n) is 3.61. The van der Waals surface area contributed by atoms with Crippen molar-refractivity contribution in [3.8, 4) is 5.75 Å². The first-order valence-corrected chi connectivity index (χ1v) is 7.51. The standard InChI is InChI=1S/C16H24N2O3/c1-13(12-18-10-4-3-5-11-18)21-16(19)17-14-6-8-15(20-2)9-7-14/h6-9,13H,3-5,10-12H2,1-2H3,(H,17,19). The van der Waals surface area contributed by atoms with E-state index in [9.17, 15) is 4.79 Å². The van der Waals surface area contributed by atoms with E-state index >= 15 is 0 Å². The van der Waals surface area contributed by atoms with E-state index in [1.54, 1.807) is 31.4 Å². The first-order chi connectivity index (χ1) is 10.2. The highest BCUT2D eigenvalue weighted by Gasteiger charge is 2.16. The maximum Gasteiger partial charge on any atom is 0.411 e. The van der Waals surface area contributed by atoms with Gasteiger partial charge in [0.05, 0.1) is 7.11 Å². The molecule has 1 aliphatic rings. The average Bonchev–Trinajstić information content (AvgIpc) is 2.48. The van der Waals surface area contributed by atoms with E-state index in [4.69, 9.17) is 9.47 Å². The van der Waals surface area contributed by atoms with Gasteiger partial charge in [0.1, 0.15) is 11.9 Å². The van der Waals surface area contributed by atoms with Crippen LogP contribution in [0.5, 0.6) is 5.75 Å². The van der Waals surface area contributed by atoms with Gasteiger partial charge in [-0.15, -0.1) is 0 Å². The summed E-state index contributed by atoms with van der Waals surface area (Å²) in [5.74, 6) is 0.757. The summed E-state index contributed by atoms with van der Waals surface area (Å²) in [5, 5.41) is 2.73. The van der Waals surface area contributed by atoms with Gasteiger partial charge in [-0.3, -0.25) is 10.2 Å². The summed E-state index contributed by atoms with van der Waals surface area (Å²) in [7, 11) is 1.61. The minimum Gasteiger partial charge on any atom is -0.497 e. The maximum absolute atomic E-state index is 11.8. The predicted molar refractivity (Wildman–Crippen MR) is 82.9 cm³/mol. The van der Waals surface area contributed by atoms with Crippen LogP contribution in [-0.2, 0) is 4.74 Å². The number of benzene rings is 1. The highest BCUT2D eigenvalue weighted by Crippen LogP contribution is 2.15. The van der Waals surface area contributed by atoms with Crippen molar-refractivity contribution in [1.82, 2.24) is 4.90 Å². The van der Waals surface area contributed by atoms with Gasteiger partial charge in [-0.2, -0.15) is 0 Å². The van der Waals surface area contributed by atoms with Crippen molar-refractivity contribution in [1.29, 1.82) is 0 Å². The average molecular weight is 292 g/mol. The number of piperidine rings is 1.